The van der Waals surface area contributed by atoms with Crippen LogP contribution >= 0.6 is 0 Å². The Hall–Kier alpha value is -2.37. The molecule has 27 heavy (non-hydrogen) atoms. The van der Waals surface area contributed by atoms with Crippen molar-refractivity contribution >= 4 is 5.91 Å². The monoisotopic (exact) mass is 366 g/mol. The molecule has 0 bridgehead atoms. The largest absolute Gasteiger partial charge is 0.347 e. The van der Waals surface area contributed by atoms with Gasteiger partial charge in [0.25, 0.3) is 0 Å². The summed E-state index contributed by atoms with van der Waals surface area (Å²) in [5, 5.41) is 6.85. The van der Waals surface area contributed by atoms with Gasteiger partial charge in [0.05, 0.1) is 5.69 Å². The molecule has 1 saturated heterocycles. The highest BCUT2D eigenvalue weighted by Gasteiger charge is 2.61. The van der Waals surface area contributed by atoms with Gasteiger partial charge in [-0.15, -0.1) is 0 Å². The lowest BCUT2D eigenvalue weighted by Crippen LogP contribution is -2.41. The van der Waals surface area contributed by atoms with Crippen LogP contribution in [0.4, 0.5) is 0 Å². The second-order valence-corrected chi connectivity index (χ2v) is 8.56. The maximum Gasteiger partial charge on any atom is 0.347 e. The quantitative estimate of drug-likeness (QED) is 0.904. The van der Waals surface area contributed by atoms with E-state index in [-0.39, 0.29) is 5.69 Å². The summed E-state index contributed by atoms with van der Waals surface area (Å²) in [7, 11) is 0. The first-order valence-electron chi connectivity index (χ1n) is 10.2. The van der Waals surface area contributed by atoms with Crippen LogP contribution in [0.15, 0.2) is 35.1 Å². The molecule has 1 amide bonds. The zero-order chi connectivity index (χ0) is 18.4. The molecule has 1 aromatic heterocycles. The maximum absolute atomic E-state index is 12.7. The molecule has 0 radical (unpaired) electrons. The third-order valence-corrected chi connectivity index (χ3v) is 6.99. The van der Waals surface area contributed by atoms with Gasteiger partial charge >= 0.3 is 5.69 Å². The Morgan fingerprint density at radius 2 is 1.93 bits per heavy atom. The van der Waals surface area contributed by atoms with Crippen molar-refractivity contribution in [3.8, 4) is 5.69 Å². The summed E-state index contributed by atoms with van der Waals surface area (Å²) in [4.78, 5) is 27.0. The summed E-state index contributed by atoms with van der Waals surface area (Å²) < 4.78 is 1.67. The molecule has 1 spiro atoms. The van der Waals surface area contributed by atoms with Crippen LogP contribution in [0, 0.1) is 17.3 Å². The van der Waals surface area contributed by atoms with Gasteiger partial charge in [0, 0.05) is 25.4 Å². The van der Waals surface area contributed by atoms with Crippen LogP contribution in [0.1, 0.15) is 44.3 Å². The molecule has 142 valence electrons. The molecule has 2 saturated carbocycles. The molecule has 1 atom stereocenters. The molecular weight excluding hydrogens is 340 g/mol. The van der Waals surface area contributed by atoms with Crippen LogP contribution in [0.25, 0.3) is 5.69 Å². The van der Waals surface area contributed by atoms with E-state index in [1.165, 1.54) is 19.3 Å². The van der Waals surface area contributed by atoms with E-state index in [9.17, 15) is 9.59 Å². The van der Waals surface area contributed by atoms with Crippen LogP contribution in [-0.4, -0.2) is 38.7 Å². The number of rotatable bonds is 4. The Bertz CT molecular complexity index is 888. The molecule has 6 heteroatoms. The second-order valence-electron chi connectivity index (χ2n) is 8.56. The Morgan fingerprint density at radius 3 is 2.56 bits per heavy atom. The minimum Gasteiger partial charge on any atom is -0.342 e. The zero-order valence-electron chi connectivity index (χ0n) is 15.6. The lowest BCUT2D eigenvalue weighted by atomic mass is 9.79. The molecule has 1 aromatic carbocycles. The summed E-state index contributed by atoms with van der Waals surface area (Å²) in [5.41, 5.74) is 1.07. The Balaban J connectivity index is 1.22. The van der Waals surface area contributed by atoms with Gasteiger partial charge in [-0.3, -0.25) is 4.79 Å². The predicted molar refractivity (Wildman–Crippen MR) is 102 cm³/mol. The number of H-pyrrole nitrogens is 1. The number of likely N-dealkylation sites (tertiary alicyclic amines) is 1. The molecular formula is C21H26N4O2. The van der Waals surface area contributed by atoms with Crippen molar-refractivity contribution < 1.29 is 4.79 Å². The van der Waals surface area contributed by atoms with Crippen molar-refractivity contribution in [2.45, 2.75) is 44.9 Å². The van der Waals surface area contributed by atoms with Crippen molar-refractivity contribution in [2.24, 2.45) is 17.3 Å². The van der Waals surface area contributed by atoms with Gasteiger partial charge < -0.3 is 4.90 Å². The summed E-state index contributed by atoms with van der Waals surface area (Å²) in [6, 6.07) is 9.64. The first-order valence-corrected chi connectivity index (χ1v) is 10.2. The zero-order valence-corrected chi connectivity index (χ0v) is 15.6. The predicted octanol–water partition coefficient (Wildman–Crippen LogP) is 2.53. The molecule has 2 aromatic rings. The molecule has 3 aliphatic rings. The lowest BCUT2D eigenvalue weighted by Gasteiger charge is -2.34. The number of para-hydroxylation sites is 1. The Kier molecular flexibility index (Phi) is 3.95. The van der Waals surface area contributed by atoms with Gasteiger partial charge in [0.15, 0.2) is 0 Å². The number of piperidine rings is 1. The number of aromatic nitrogens is 3. The topological polar surface area (TPSA) is 71.0 Å². The molecule has 1 aliphatic heterocycles. The highest BCUT2D eigenvalue weighted by Crippen LogP contribution is 2.66. The van der Waals surface area contributed by atoms with E-state index in [1.807, 2.05) is 30.3 Å². The molecule has 2 aliphatic carbocycles. The van der Waals surface area contributed by atoms with E-state index in [1.54, 1.807) is 4.57 Å². The highest BCUT2D eigenvalue weighted by atomic mass is 16.2. The smallest absolute Gasteiger partial charge is 0.342 e. The number of amides is 1. The van der Waals surface area contributed by atoms with E-state index in [0.29, 0.717) is 23.2 Å². The minimum atomic E-state index is -0.191. The standard InChI is InChI=1S/C21H26N4O2/c26-19(17-14-21(17)9-4-10-21)24-11-7-15(8-12-24)13-18-22-23-20(27)25(18)16-5-2-1-3-6-16/h1-3,5-6,15,17H,4,7-14H2,(H,23,27)/t17-/m0/s1. The Labute approximate surface area is 158 Å². The number of nitrogens with zero attached hydrogens (tertiary/aromatic N) is 3. The highest BCUT2D eigenvalue weighted by molar-refractivity contribution is 5.83. The molecule has 2 heterocycles. The van der Waals surface area contributed by atoms with Gasteiger partial charge in [-0.2, -0.15) is 5.10 Å². The first kappa shape index (κ1) is 16.8. The van der Waals surface area contributed by atoms with E-state index >= 15 is 0 Å². The third-order valence-electron chi connectivity index (χ3n) is 6.99. The van der Waals surface area contributed by atoms with E-state index < -0.39 is 0 Å². The van der Waals surface area contributed by atoms with E-state index in [4.69, 9.17) is 0 Å². The number of carbonyl (C=O) groups is 1. The molecule has 3 fully saturated rings. The third kappa shape index (κ3) is 2.91. The normalized spacial score (nSPS) is 24.0. The van der Waals surface area contributed by atoms with Crippen molar-refractivity contribution in [3.63, 3.8) is 0 Å². The summed E-state index contributed by atoms with van der Waals surface area (Å²) >= 11 is 0. The van der Waals surface area contributed by atoms with Gasteiger partial charge in [-0.05, 0) is 55.6 Å². The summed E-state index contributed by atoms with van der Waals surface area (Å²) in [6.07, 6.45) is 7.69. The number of carbonyl (C=O) groups excluding carboxylic acids is 1. The SMILES string of the molecule is O=C([C@@H]1CC12CCC2)N1CCC(Cc2n[nH]c(=O)n2-c2ccccc2)CC1. The number of aromatic amines is 1. The number of hydrogen-bond donors (Lipinski definition) is 1. The van der Waals surface area contributed by atoms with Crippen molar-refractivity contribution in [3.05, 3.63) is 46.6 Å². The summed E-state index contributed by atoms with van der Waals surface area (Å²) in [5.74, 6) is 1.96. The van der Waals surface area contributed by atoms with Crippen LogP contribution < -0.4 is 5.69 Å². The van der Waals surface area contributed by atoms with Gasteiger partial charge in [0.1, 0.15) is 5.82 Å². The van der Waals surface area contributed by atoms with Crippen molar-refractivity contribution in [1.82, 2.24) is 19.7 Å². The van der Waals surface area contributed by atoms with Gasteiger partial charge in [-0.25, -0.2) is 14.5 Å². The first-order chi connectivity index (χ1) is 13.2. The van der Waals surface area contributed by atoms with Crippen LogP contribution in [0.5, 0.6) is 0 Å². The summed E-state index contributed by atoms with van der Waals surface area (Å²) in [6.45, 7) is 1.69. The van der Waals surface area contributed by atoms with Crippen LogP contribution in [0.3, 0.4) is 0 Å². The molecule has 6 nitrogen and oxygen atoms in total. The average Bonchev–Trinajstić information content (AvgIpc) is 3.35. The minimum absolute atomic E-state index is 0.191. The lowest BCUT2D eigenvalue weighted by molar-refractivity contribution is -0.135. The second kappa shape index (κ2) is 6.36. The van der Waals surface area contributed by atoms with Crippen LogP contribution in [-0.2, 0) is 11.2 Å². The maximum atomic E-state index is 12.7. The van der Waals surface area contributed by atoms with E-state index in [0.717, 1.165) is 50.3 Å². The number of hydrogen-bond acceptors (Lipinski definition) is 3. The van der Waals surface area contributed by atoms with Crippen LogP contribution in [0.2, 0.25) is 0 Å². The molecule has 5 rings (SSSR count). The van der Waals surface area contributed by atoms with E-state index in [2.05, 4.69) is 15.1 Å². The average molecular weight is 366 g/mol. The molecule has 1 N–H and O–H groups in total. The van der Waals surface area contributed by atoms with Crippen molar-refractivity contribution in [2.75, 3.05) is 13.1 Å². The fraction of sp³-hybridized carbons (Fsp3) is 0.571. The fourth-order valence-electron chi connectivity index (χ4n) is 5.03. The fourth-order valence-corrected chi connectivity index (χ4v) is 5.03. The molecule has 0 unspecified atom stereocenters. The van der Waals surface area contributed by atoms with Gasteiger partial charge in [-0.1, -0.05) is 24.6 Å². The number of benzene rings is 1. The Morgan fingerprint density at radius 1 is 1.19 bits per heavy atom. The number of nitrogens with one attached hydrogen (secondary N) is 1. The van der Waals surface area contributed by atoms with Crippen molar-refractivity contribution in [1.29, 1.82) is 0 Å². The van der Waals surface area contributed by atoms with Gasteiger partial charge in [0.2, 0.25) is 5.91 Å².